The van der Waals surface area contributed by atoms with E-state index in [0.717, 1.165) is 23.4 Å². The highest BCUT2D eigenvalue weighted by molar-refractivity contribution is 7.90. The number of halogens is 1. The molecular weight excluding hydrogens is 376 g/mol. The Morgan fingerprint density at radius 1 is 1.00 bits per heavy atom. The predicted octanol–water partition coefficient (Wildman–Crippen LogP) is 3.79. The van der Waals surface area contributed by atoms with Crippen LogP contribution in [-0.2, 0) is 14.6 Å². The second-order valence-electron chi connectivity index (χ2n) is 6.13. The van der Waals surface area contributed by atoms with Gasteiger partial charge in [-0.2, -0.15) is 0 Å². The first-order valence-corrected chi connectivity index (χ1v) is 10.1. The second-order valence-corrected chi connectivity index (χ2v) is 8.52. The van der Waals surface area contributed by atoms with Crippen molar-refractivity contribution in [2.45, 2.75) is 31.8 Å². The number of benzene rings is 2. The third-order valence-corrected chi connectivity index (χ3v) is 5.59. The van der Waals surface area contributed by atoms with E-state index < -0.39 is 21.9 Å². The van der Waals surface area contributed by atoms with E-state index in [9.17, 15) is 18.0 Å². The van der Waals surface area contributed by atoms with E-state index in [2.05, 4.69) is 0 Å². The van der Waals surface area contributed by atoms with E-state index in [1.807, 2.05) is 19.9 Å². The lowest BCUT2D eigenvalue weighted by Gasteiger charge is -2.14. The molecule has 0 saturated carbocycles. The van der Waals surface area contributed by atoms with E-state index in [-0.39, 0.29) is 21.3 Å². The molecule has 0 amide bonds. The Bertz CT molecular complexity index is 979. The number of ether oxygens (including phenoxy) is 1. The van der Waals surface area contributed by atoms with Crippen molar-refractivity contribution in [3.8, 4) is 0 Å². The number of carbonyl (C=O) groups excluding carboxylic acids is 2. The SMILES string of the molecule is Cc1ccc(C(=O)[C@@H](C)OC(=O)c2ccc(Cl)c(S(C)(=O)=O)c2)cc1C. The van der Waals surface area contributed by atoms with Crippen LogP contribution < -0.4 is 0 Å². The topological polar surface area (TPSA) is 77.5 Å². The molecule has 138 valence electrons. The number of aryl methyl sites for hydroxylation is 2. The summed E-state index contributed by atoms with van der Waals surface area (Å²) in [6.45, 7) is 5.30. The fourth-order valence-electron chi connectivity index (χ4n) is 2.33. The van der Waals surface area contributed by atoms with E-state index in [0.29, 0.717) is 5.56 Å². The molecule has 0 aliphatic carbocycles. The summed E-state index contributed by atoms with van der Waals surface area (Å²) in [6, 6.07) is 9.06. The molecule has 0 heterocycles. The molecule has 0 fully saturated rings. The maximum atomic E-state index is 12.5. The van der Waals surface area contributed by atoms with Crippen LogP contribution in [0.15, 0.2) is 41.3 Å². The van der Waals surface area contributed by atoms with Crippen LogP contribution in [0.25, 0.3) is 0 Å². The van der Waals surface area contributed by atoms with Gasteiger partial charge in [-0.25, -0.2) is 13.2 Å². The first kappa shape index (κ1) is 20.1. The van der Waals surface area contributed by atoms with Crippen molar-refractivity contribution in [3.05, 3.63) is 63.7 Å². The smallest absolute Gasteiger partial charge is 0.338 e. The lowest BCUT2D eigenvalue weighted by atomic mass is 10.0. The summed E-state index contributed by atoms with van der Waals surface area (Å²) in [7, 11) is -3.59. The normalized spacial score (nSPS) is 12.5. The van der Waals surface area contributed by atoms with Crippen molar-refractivity contribution < 1.29 is 22.7 Å². The Kier molecular flexibility index (Phi) is 5.88. The van der Waals surface area contributed by atoms with Crippen LogP contribution in [0.2, 0.25) is 5.02 Å². The monoisotopic (exact) mass is 394 g/mol. The molecule has 0 radical (unpaired) electrons. The summed E-state index contributed by atoms with van der Waals surface area (Å²) >= 11 is 5.86. The molecule has 5 nitrogen and oxygen atoms in total. The summed E-state index contributed by atoms with van der Waals surface area (Å²) in [5.41, 5.74) is 2.47. The number of hydrogen-bond donors (Lipinski definition) is 0. The zero-order valence-corrected chi connectivity index (χ0v) is 16.4. The molecule has 0 saturated heterocycles. The van der Waals surface area contributed by atoms with Gasteiger partial charge in [-0.1, -0.05) is 23.7 Å². The van der Waals surface area contributed by atoms with E-state index in [1.165, 1.54) is 19.1 Å². The van der Waals surface area contributed by atoms with Crippen LogP contribution in [0.4, 0.5) is 0 Å². The third-order valence-electron chi connectivity index (χ3n) is 4.01. The van der Waals surface area contributed by atoms with E-state index in [4.69, 9.17) is 16.3 Å². The van der Waals surface area contributed by atoms with Gasteiger partial charge in [0.1, 0.15) is 0 Å². The summed E-state index contributed by atoms with van der Waals surface area (Å²) in [6.07, 6.45) is -0.0168. The van der Waals surface area contributed by atoms with Gasteiger partial charge in [-0.3, -0.25) is 4.79 Å². The number of rotatable bonds is 5. The molecule has 0 aliphatic heterocycles. The van der Waals surface area contributed by atoms with Crippen molar-refractivity contribution in [1.29, 1.82) is 0 Å². The van der Waals surface area contributed by atoms with Crippen molar-refractivity contribution in [2.24, 2.45) is 0 Å². The van der Waals surface area contributed by atoms with Gasteiger partial charge >= 0.3 is 5.97 Å². The molecule has 0 aromatic heterocycles. The van der Waals surface area contributed by atoms with Gasteiger partial charge in [0.05, 0.1) is 15.5 Å². The molecular formula is C19H19ClO5S. The maximum Gasteiger partial charge on any atom is 0.338 e. The Morgan fingerprint density at radius 2 is 1.62 bits per heavy atom. The molecule has 2 rings (SSSR count). The fraction of sp³-hybridized carbons (Fsp3) is 0.263. The molecule has 0 unspecified atom stereocenters. The minimum Gasteiger partial charge on any atom is -0.451 e. The van der Waals surface area contributed by atoms with Gasteiger partial charge in [-0.15, -0.1) is 0 Å². The lowest BCUT2D eigenvalue weighted by Crippen LogP contribution is -2.24. The minimum absolute atomic E-state index is 0.00885. The van der Waals surface area contributed by atoms with Gasteiger partial charge in [0.25, 0.3) is 0 Å². The number of esters is 1. The third kappa shape index (κ3) is 4.51. The number of Topliss-reactive ketones (excluding diaryl/α,β-unsaturated/α-hetero) is 1. The van der Waals surface area contributed by atoms with Crippen molar-refractivity contribution in [1.82, 2.24) is 0 Å². The van der Waals surface area contributed by atoms with Gasteiger partial charge in [-0.05, 0) is 56.2 Å². The van der Waals surface area contributed by atoms with Crippen LogP contribution in [0.5, 0.6) is 0 Å². The summed E-state index contributed by atoms with van der Waals surface area (Å²) in [5.74, 6) is -1.13. The molecule has 0 bridgehead atoms. The lowest BCUT2D eigenvalue weighted by molar-refractivity contribution is 0.0318. The zero-order valence-electron chi connectivity index (χ0n) is 14.9. The average molecular weight is 395 g/mol. The molecule has 0 aliphatic rings. The second kappa shape index (κ2) is 7.60. The predicted molar refractivity (Wildman–Crippen MR) is 99.7 cm³/mol. The Labute approximate surface area is 157 Å². The Morgan fingerprint density at radius 3 is 2.19 bits per heavy atom. The Balaban J connectivity index is 2.21. The first-order valence-electron chi connectivity index (χ1n) is 7.82. The van der Waals surface area contributed by atoms with Crippen LogP contribution in [0.1, 0.15) is 38.8 Å². The Hall–Kier alpha value is -2.18. The largest absolute Gasteiger partial charge is 0.451 e. The number of hydrogen-bond acceptors (Lipinski definition) is 5. The van der Waals surface area contributed by atoms with Gasteiger partial charge in [0.2, 0.25) is 5.78 Å². The van der Waals surface area contributed by atoms with Crippen LogP contribution in [0, 0.1) is 13.8 Å². The summed E-state index contributed by atoms with van der Waals surface area (Å²) in [5, 5.41) is 0.0169. The standard InChI is InChI=1S/C19H19ClO5S/c1-11-5-6-14(9-12(11)2)18(21)13(3)25-19(22)15-7-8-16(20)17(10-15)26(4,23)24/h5-10,13H,1-4H3/t13-/m1/s1. The number of sulfone groups is 1. The van der Waals surface area contributed by atoms with E-state index in [1.54, 1.807) is 12.1 Å². The van der Waals surface area contributed by atoms with Crippen molar-refractivity contribution >= 4 is 33.2 Å². The van der Waals surface area contributed by atoms with Crippen molar-refractivity contribution in [3.63, 3.8) is 0 Å². The van der Waals surface area contributed by atoms with Crippen LogP contribution >= 0.6 is 11.6 Å². The van der Waals surface area contributed by atoms with Crippen LogP contribution in [0.3, 0.4) is 0 Å². The molecule has 7 heteroatoms. The number of ketones is 1. The van der Waals surface area contributed by atoms with Crippen molar-refractivity contribution in [2.75, 3.05) is 6.26 Å². The zero-order chi connectivity index (χ0) is 19.6. The summed E-state index contributed by atoms with van der Waals surface area (Å²) in [4.78, 5) is 24.6. The molecule has 26 heavy (non-hydrogen) atoms. The van der Waals surface area contributed by atoms with Crippen LogP contribution in [-0.4, -0.2) is 32.5 Å². The van der Waals surface area contributed by atoms with E-state index >= 15 is 0 Å². The molecule has 1 atom stereocenters. The quantitative estimate of drug-likeness (QED) is 0.569. The van der Waals surface area contributed by atoms with Gasteiger partial charge in [0.15, 0.2) is 15.9 Å². The highest BCUT2D eigenvalue weighted by Crippen LogP contribution is 2.23. The van der Waals surface area contributed by atoms with Gasteiger partial charge < -0.3 is 4.74 Å². The molecule has 2 aromatic carbocycles. The molecule has 2 aromatic rings. The van der Waals surface area contributed by atoms with Gasteiger partial charge in [0, 0.05) is 11.8 Å². The maximum absolute atomic E-state index is 12.5. The number of carbonyl (C=O) groups is 2. The molecule has 0 N–H and O–H groups in total. The first-order chi connectivity index (χ1) is 12.0. The fourth-order valence-corrected chi connectivity index (χ4v) is 3.63. The highest BCUT2D eigenvalue weighted by atomic mass is 35.5. The summed E-state index contributed by atoms with van der Waals surface area (Å²) < 4.78 is 28.6. The molecule has 0 spiro atoms. The highest BCUT2D eigenvalue weighted by Gasteiger charge is 2.22. The minimum atomic E-state index is -3.59. The average Bonchev–Trinajstić information content (AvgIpc) is 2.55.